The van der Waals surface area contributed by atoms with Crippen LogP contribution in [-0.4, -0.2) is 23.0 Å². The van der Waals surface area contributed by atoms with Crippen LogP contribution in [0.25, 0.3) is 0 Å². The Kier molecular flexibility index (Phi) is 4.74. The summed E-state index contributed by atoms with van der Waals surface area (Å²) >= 11 is 3.30. The topological polar surface area (TPSA) is 66.4 Å². The number of carbonyl (C=O) groups excluding carboxylic acids is 1. The minimum absolute atomic E-state index is 0.374. The van der Waals surface area contributed by atoms with Crippen molar-refractivity contribution in [1.29, 1.82) is 0 Å². The van der Waals surface area contributed by atoms with Crippen molar-refractivity contribution in [2.45, 2.75) is 33.7 Å². The molecular formula is C14H18BrNO3. The third kappa shape index (κ3) is 4.06. The lowest BCUT2D eigenvalue weighted by molar-refractivity contribution is -0.142. The first kappa shape index (κ1) is 15.7. The van der Waals surface area contributed by atoms with Crippen LogP contribution < -0.4 is 5.32 Å². The Hall–Kier alpha value is -1.36. The summed E-state index contributed by atoms with van der Waals surface area (Å²) in [6.45, 7) is 7.15. The first-order valence-corrected chi connectivity index (χ1v) is 6.72. The fourth-order valence-corrected chi connectivity index (χ4v) is 2.06. The second kappa shape index (κ2) is 5.74. The van der Waals surface area contributed by atoms with E-state index in [-0.39, 0.29) is 5.91 Å². The van der Waals surface area contributed by atoms with Gasteiger partial charge in [-0.3, -0.25) is 4.79 Å². The first-order valence-electron chi connectivity index (χ1n) is 5.92. The molecule has 0 aliphatic heterocycles. The maximum atomic E-state index is 12.2. The number of amides is 1. The van der Waals surface area contributed by atoms with Crippen molar-refractivity contribution in [2.24, 2.45) is 5.41 Å². The predicted molar refractivity (Wildman–Crippen MR) is 77.2 cm³/mol. The summed E-state index contributed by atoms with van der Waals surface area (Å²) in [6, 6.07) is 4.40. The van der Waals surface area contributed by atoms with Crippen LogP contribution in [0.15, 0.2) is 22.7 Å². The number of rotatable bonds is 3. The zero-order valence-corrected chi connectivity index (χ0v) is 13.0. The first-order chi connectivity index (χ1) is 8.62. The van der Waals surface area contributed by atoms with Gasteiger partial charge in [0, 0.05) is 10.0 Å². The number of nitrogens with one attached hydrogen (secondary N) is 1. The third-order valence-electron chi connectivity index (χ3n) is 2.83. The van der Waals surface area contributed by atoms with Crippen molar-refractivity contribution in [2.75, 3.05) is 0 Å². The quantitative estimate of drug-likeness (QED) is 0.896. The number of halogens is 1. The number of carbonyl (C=O) groups is 2. The van der Waals surface area contributed by atoms with E-state index >= 15 is 0 Å². The predicted octanol–water partition coefficient (Wildman–Crippen LogP) is 2.99. The van der Waals surface area contributed by atoms with E-state index in [2.05, 4.69) is 21.2 Å². The Balaban J connectivity index is 3.01. The lowest BCUT2D eigenvalue weighted by Gasteiger charge is -2.28. The van der Waals surface area contributed by atoms with Crippen LogP contribution in [0, 0.1) is 12.3 Å². The molecule has 0 unspecified atom stereocenters. The molecule has 1 aromatic carbocycles. The van der Waals surface area contributed by atoms with Gasteiger partial charge >= 0.3 is 5.97 Å². The zero-order valence-electron chi connectivity index (χ0n) is 11.5. The minimum Gasteiger partial charge on any atom is -0.480 e. The Bertz CT molecular complexity index is 506. The van der Waals surface area contributed by atoms with Crippen LogP contribution in [0.3, 0.4) is 0 Å². The zero-order chi connectivity index (χ0) is 14.8. The van der Waals surface area contributed by atoms with Gasteiger partial charge in [0.15, 0.2) is 0 Å². The van der Waals surface area contributed by atoms with Crippen LogP contribution in [0.2, 0.25) is 0 Å². The van der Waals surface area contributed by atoms with Gasteiger partial charge in [0.2, 0.25) is 0 Å². The van der Waals surface area contributed by atoms with Crippen LogP contribution in [-0.2, 0) is 4.79 Å². The van der Waals surface area contributed by atoms with Gasteiger partial charge in [-0.1, -0.05) is 42.8 Å². The summed E-state index contributed by atoms with van der Waals surface area (Å²) in [5.74, 6) is -1.41. The molecule has 0 aromatic heterocycles. The van der Waals surface area contributed by atoms with Crippen molar-refractivity contribution in [3.63, 3.8) is 0 Å². The molecule has 0 bridgehead atoms. The number of aliphatic carboxylic acids is 1. The van der Waals surface area contributed by atoms with Gasteiger partial charge < -0.3 is 10.4 Å². The maximum Gasteiger partial charge on any atom is 0.326 e. The van der Waals surface area contributed by atoms with E-state index in [0.717, 1.165) is 10.0 Å². The van der Waals surface area contributed by atoms with Crippen LogP contribution in [0.1, 0.15) is 36.7 Å². The van der Waals surface area contributed by atoms with E-state index in [1.165, 1.54) is 0 Å². The number of hydrogen-bond acceptors (Lipinski definition) is 2. The fraction of sp³-hybridized carbons (Fsp3) is 0.429. The monoisotopic (exact) mass is 327 g/mol. The number of aryl methyl sites for hydroxylation is 1. The molecule has 0 radical (unpaired) electrons. The summed E-state index contributed by atoms with van der Waals surface area (Å²) in [5.41, 5.74) is 0.727. The number of benzene rings is 1. The standard InChI is InChI=1S/C14H18BrNO3/c1-8-5-6-9(15)7-10(8)12(17)16-11(13(18)19)14(2,3)4/h5-7,11H,1-4H3,(H,16,17)(H,18,19)/t11-/m0/s1. The van der Waals surface area contributed by atoms with Crippen molar-refractivity contribution in [3.05, 3.63) is 33.8 Å². The summed E-state index contributed by atoms with van der Waals surface area (Å²) < 4.78 is 0.783. The van der Waals surface area contributed by atoms with Gasteiger partial charge in [-0.2, -0.15) is 0 Å². The van der Waals surface area contributed by atoms with E-state index in [4.69, 9.17) is 0 Å². The molecular weight excluding hydrogens is 310 g/mol. The van der Waals surface area contributed by atoms with Crippen molar-refractivity contribution in [3.8, 4) is 0 Å². The molecule has 0 fully saturated rings. The summed E-state index contributed by atoms with van der Waals surface area (Å²) in [5, 5.41) is 11.8. The molecule has 1 rings (SSSR count). The number of hydrogen-bond donors (Lipinski definition) is 2. The minimum atomic E-state index is -1.03. The van der Waals surface area contributed by atoms with E-state index in [1.807, 2.05) is 19.1 Å². The highest BCUT2D eigenvalue weighted by molar-refractivity contribution is 9.10. The van der Waals surface area contributed by atoms with Crippen LogP contribution in [0.5, 0.6) is 0 Å². The lowest BCUT2D eigenvalue weighted by Crippen LogP contribution is -2.49. The highest BCUT2D eigenvalue weighted by Crippen LogP contribution is 2.21. The molecule has 0 heterocycles. The molecule has 0 spiro atoms. The number of carboxylic acid groups (broad SMARTS) is 1. The van der Waals surface area contributed by atoms with Gasteiger partial charge in [-0.15, -0.1) is 0 Å². The largest absolute Gasteiger partial charge is 0.480 e. The molecule has 0 aliphatic rings. The van der Waals surface area contributed by atoms with Gasteiger partial charge in [0.05, 0.1) is 0 Å². The molecule has 1 atom stereocenters. The van der Waals surface area contributed by atoms with Gasteiger partial charge in [-0.25, -0.2) is 4.79 Å². The highest BCUT2D eigenvalue weighted by Gasteiger charge is 2.33. The Morgan fingerprint density at radius 3 is 2.37 bits per heavy atom. The van der Waals surface area contributed by atoms with E-state index in [9.17, 15) is 14.7 Å². The third-order valence-corrected chi connectivity index (χ3v) is 3.33. The van der Waals surface area contributed by atoms with E-state index in [0.29, 0.717) is 5.56 Å². The highest BCUT2D eigenvalue weighted by atomic mass is 79.9. The van der Waals surface area contributed by atoms with Crippen molar-refractivity contribution >= 4 is 27.8 Å². The van der Waals surface area contributed by atoms with Crippen LogP contribution >= 0.6 is 15.9 Å². The molecule has 19 heavy (non-hydrogen) atoms. The SMILES string of the molecule is Cc1ccc(Br)cc1C(=O)N[C@@H](C(=O)O)C(C)(C)C. The average molecular weight is 328 g/mol. The van der Waals surface area contributed by atoms with E-state index in [1.54, 1.807) is 26.8 Å². The second-order valence-electron chi connectivity index (χ2n) is 5.57. The Morgan fingerprint density at radius 2 is 1.89 bits per heavy atom. The van der Waals surface area contributed by atoms with Crippen molar-refractivity contribution < 1.29 is 14.7 Å². The Morgan fingerprint density at radius 1 is 1.32 bits per heavy atom. The molecule has 5 heteroatoms. The molecule has 0 saturated carbocycles. The average Bonchev–Trinajstić information content (AvgIpc) is 2.26. The molecule has 1 aromatic rings. The Labute approximate surface area is 121 Å². The normalized spacial score (nSPS) is 12.9. The molecule has 1 amide bonds. The van der Waals surface area contributed by atoms with E-state index < -0.39 is 17.4 Å². The van der Waals surface area contributed by atoms with Crippen molar-refractivity contribution in [1.82, 2.24) is 5.32 Å². The van der Waals surface area contributed by atoms with Gasteiger partial charge in [-0.05, 0) is 30.0 Å². The molecule has 0 aliphatic carbocycles. The molecule has 4 nitrogen and oxygen atoms in total. The molecule has 2 N–H and O–H groups in total. The van der Waals surface area contributed by atoms with Gasteiger partial charge in [0.25, 0.3) is 5.91 Å². The summed E-state index contributed by atoms with van der Waals surface area (Å²) in [6.07, 6.45) is 0. The summed E-state index contributed by atoms with van der Waals surface area (Å²) in [7, 11) is 0. The maximum absolute atomic E-state index is 12.2. The summed E-state index contributed by atoms with van der Waals surface area (Å²) in [4.78, 5) is 23.4. The molecule has 0 saturated heterocycles. The van der Waals surface area contributed by atoms with Gasteiger partial charge in [0.1, 0.15) is 6.04 Å². The lowest BCUT2D eigenvalue weighted by atomic mass is 9.86. The molecule has 104 valence electrons. The second-order valence-corrected chi connectivity index (χ2v) is 6.49. The van der Waals surface area contributed by atoms with Crippen LogP contribution in [0.4, 0.5) is 0 Å². The fourth-order valence-electron chi connectivity index (χ4n) is 1.70. The number of carboxylic acids is 1. The smallest absolute Gasteiger partial charge is 0.326 e.